The smallest absolute Gasteiger partial charge is 0.410 e. The fourth-order valence-corrected chi connectivity index (χ4v) is 3.32. The molecule has 2 amide bonds. The second-order valence-electron chi connectivity index (χ2n) is 7.93. The third-order valence-electron chi connectivity index (χ3n) is 5.33. The van der Waals surface area contributed by atoms with Crippen LogP contribution < -0.4 is 10.1 Å². The van der Waals surface area contributed by atoms with E-state index in [1.54, 1.807) is 31.4 Å². The number of nitrogens with zero attached hydrogens (tertiary/aromatic N) is 2. The molecule has 0 aromatic heterocycles. The molecule has 34 heavy (non-hydrogen) atoms. The van der Waals surface area contributed by atoms with Crippen LogP contribution in [0.2, 0.25) is 0 Å². The summed E-state index contributed by atoms with van der Waals surface area (Å²) in [4.78, 5) is 27.4. The van der Waals surface area contributed by atoms with Crippen molar-refractivity contribution in [3.8, 4) is 11.8 Å². The molecule has 9 heteroatoms. The number of ether oxygens (including phenoxy) is 4. The highest BCUT2D eigenvalue weighted by atomic mass is 16.6. The number of amides is 2. The molecule has 2 atom stereocenters. The van der Waals surface area contributed by atoms with E-state index in [9.17, 15) is 14.9 Å². The van der Waals surface area contributed by atoms with Crippen molar-refractivity contribution in [1.82, 2.24) is 10.2 Å². The summed E-state index contributed by atoms with van der Waals surface area (Å²) in [5.41, 5.74) is 0.00236. The maximum atomic E-state index is 13.2. The van der Waals surface area contributed by atoms with Crippen molar-refractivity contribution in [2.45, 2.75) is 31.8 Å². The monoisotopic (exact) mass is 467 g/mol. The molecule has 1 aliphatic rings. The molecule has 0 bridgehead atoms. The minimum absolute atomic E-state index is 0.117. The van der Waals surface area contributed by atoms with Crippen molar-refractivity contribution in [2.24, 2.45) is 0 Å². The zero-order valence-electron chi connectivity index (χ0n) is 19.4. The average molecular weight is 468 g/mol. The van der Waals surface area contributed by atoms with Gasteiger partial charge in [-0.05, 0) is 30.2 Å². The first kappa shape index (κ1) is 25.0. The maximum Gasteiger partial charge on any atom is 0.410 e. The van der Waals surface area contributed by atoms with Crippen LogP contribution in [0.5, 0.6) is 5.75 Å². The molecule has 2 unspecified atom stereocenters. The van der Waals surface area contributed by atoms with E-state index < -0.39 is 23.8 Å². The number of methoxy groups -OCH3 is 1. The number of rotatable bonds is 9. The van der Waals surface area contributed by atoms with Crippen LogP contribution in [0.3, 0.4) is 0 Å². The van der Waals surface area contributed by atoms with E-state index >= 15 is 0 Å². The van der Waals surface area contributed by atoms with Gasteiger partial charge in [0.05, 0.1) is 26.9 Å². The van der Waals surface area contributed by atoms with Crippen LogP contribution in [0.15, 0.2) is 54.6 Å². The second-order valence-corrected chi connectivity index (χ2v) is 7.93. The Morgan fingerprint density at radius 3 is 2.41 bits per heavy atom. The Labute approximate surface area is 199 Å². The van der Waals surface area contributed by atoms with Crippen LogP contribution >= 0.6 is 0 Å². The van der Waals surface area contributed by atoms with Crippen LogP contribution in [-0.4, -0.2) is 62.1 Å². The SMILES string of the molecule is COc1ccc(CC(OC(=O)N2CCOCC2)C(=O)NC(C)(C#N)OCc2ccccc2)cc1. The molecule has 1 N–H and O–H groups in total. The Kier molecular flexibility index (Phi) is 8.85. The third-order valence-corrected chi connectivity index (χ3v) is 5.33. The first-order valence-corrected chi connectivity index (χ1v) is 11.0. The largest absolute Gasteiger partial charge is 0.497 e. The third kappa shape index (κ3) is 7.20. The number of morpholine rings is 1. The van der Waals surface area contributed by atoms with Crippen molar-refractivity contribution in [3.63, 3.8) is 0 Å². The van der Waals surface area contributed by atoms with Crippen LogP contribution in [0.1, 0.15) is 18.1 Å². The molecule has 9 nitrogen and oxygen atoms in total. The van der Waals surface area contributed by atoms with Crippen LogP contribution in [0.4, 0.5) is 4.79 Å². The Balaban J connectivity index is 1.71. The van der Waals surface area contributed by atoms with Gasteiger partial charge in [0.25, 0.3) is 5.91 Å². The molecule has 0 spiro atoms. The minimum Gasteiger partial charge on any atom is -0.497 e. The zero-order valence-corrected chi connectivity index (χ0v) is 19.4. The van der Waals surface area contributed by atoms with Gasteiger partial charge >= 0.3 is 6.09 Å². The Bertz CT molecular complexity index is 986. The molecule has 0 radical (unpaired) electrons. The second kappa shape index (κ2) is 12.0. The van der Waals surface area contributed by atoms with Gasteiger partial charge in [0.2, 0.25) is 5.72 Å². The van der Waals surface area contributed by atoms with E-state index in [2.05, 4.69) is 5.32 Å². The summed E-state index contributed by atoms with van der Waals surface area (Å²) >= 11 is 0. The average Bonchev–Trinajstić information content (AvgIpc) is 2.88. The highest BCUT2D eigenvalue weighted by molar-refractivity contribution is 5.84. The summed E-state index contributed by atoms with van der Waals surface area (Å²) in [6.07, 6.45) is -1.66. The predicted molar refractivity (Wildman–Crippen MR) is 123 cm³/mol. The summed E-state index contributed by atoms with van der Waals surface area (Å²) in [6.45, 7) is 3.16. The van der Waals surface area contributed by atoms with Crippen LogP contribution in [0.25, 0.3) is 0 Å². The molecule has 1 fully saturated rings. The number of nitrogens with one attached hydrogen (secondary N) is 1. The summed E-state index contributed by atoms with van der Waals surface area (Å²) in [7, 11) is 1.56. The molecule has 180 valence electrons. The summed E-state index contributed by atoms with van der Waals surface area (Å²) in [6, 6.07) is 18.4. The van der Waals surface area contributed by atoms with Gasteiger partial charge < -0.3 is 29.2 Å². The first-order chi connectivity index (χ1) is 16.4. The molecule has 1 heterocycles. The standard InChI is InChI=1S/C25H29N3O6/c1-25(18-26,33-17-20-6-4-3-5-7-20)27-23(29)22(16-19-8-10-21(31-2)11-9-19)34-24(30)28-12-14-32-15-13-28/h3-11,22H,12-17H2,1-2H3,(H,27,29). The van der Waals surface area contributed by atoms with Gasteiger partial charge in [0, 0.05) is 19.5 Å². The van der Waals surface area contributed by atoms with Crippen molar-refractivity contribution in [2.75, 3.05) is 33.4 Å². The quantitative estimate of drug-likeness (QED) is 0.565. The minimum atomic E-state index is -1.61. The Hall–Kier alpha value is -3.61. The summed E-state index contributed by atoms with van der Waals surface area (Å²) in [5.74, 6) is 0.0379. The van der Waals surface area contributed by atoms with Gasteiger partial charge in [-0.15, -0.1) is 0 Å². The normalized spacial score (nSPS) is 16.0. The number of benzene rings is 2. The van der Waals surface area contributed by atoms with E-state index in [-0.39, 0.29) is 13.0 Å². The summed E-state index contributed by atoms with van der Waals surface area (Å²) in [5, 5.41) is 12.3. The van der Waals surface area contributed by atoms with Gasteiger partial charge in [0.15, 0.2) is 6.10 Å². The number of carbonyl (C=O) groups is 2. The lowest BCUT2D eigenvalue weighted by atomic mass is 10.1. The maximum absolute atomic E-state index is 13.2. The molecule has 2 aromatic carbocycles. The fourth-order valence-electron chi connectivity index (χ4n) is 3.32. The lowest BCUT2D eigenvalue weighted by Gasteiger charge is -2.30. The van der Waals surface area contributed by atoms with Crippen molar-refractivity contribution >= 4 is 12.0 Å². The topological polar surface area (TPSA) is 110 Å². The Morgan fingerprint density at radius 2 is 1.79 bits per heavy atom. The molecule has 1 aliphatic heterocycles. The van der Waals surface area contributed by atoms with E-state index in [0.29, 0.717) is 32.1 Å². The molecule has 3 rings (SSSR count). The van der Waals surface area contributed by atoms with E-state index in [1.807, 2.05) is 36.4 Å². The molecule has 1 saturated heterocycles. The molecular formula is C25H29N3O6. The molecule has 0 aliphatic carbocycles. The van der Waals surface area contributed by atoms with Gasteiger partial charge in [-0.1, -0.05) is 42.5 Å². The van der Waals surface area contributed by atoms with Gasteiger partial charge in [0.1, 0.15) is 11.8 Å². The van der Waals surface area contributed by atoms with Crippen molar-refractivity contribution in [1.29, 1.82) is 5.26 Å². The number of nitriles is 1. The predicted octanol–water partition coefficient (Wildman–Crippen LogP) is 2.65. The van der Waals surface area contributed by atoms with Crippen LogP contribution in [-0.2, 0) is 32.0 Å². The highest BCUT2D eigenvalue weighted by Crippen LogP contribution is 2.17. The van der Waals surface area contributed by atoms with Crippen molar-refractivity contribution in [3.05, 3.63) is 65.7 Å². The van der Waals surface area contributed by atoms with Crippen LogP contribution in [0, 0.1) is 11.3 Å². The number of carbonyl (C=O) groups excluding carboxylic acids is 2. The number of hydrogen-bond acceptors (Lipinski definition) is 7. The lowest BCUT2D eigenvalue weighted by molar-refractivity contribution is -0.138. The number of hydrogen-bond donors (Lipinski definition) is 1. The first-order valence-electron chi connectivity index (χ1n) is 11.0. The fraction of sp³-hybridized carbons (Fsp3) is 0.400. The van der Waals surface area contributed by atoms with Crippen molar-refractivity contribution < 1.29 is 28.5 Å². The highest BCUT2D eigenvalue weighted by Gasteiger charge is 2.34. The Morgan fingerprint density at radius 1 is 1.12 bits per heavy atom. The van der Waals surface area contributed by atoms with E-state index in [1.165, 1.54) is 11.8 Å². The van der Waals surface area contributed by atoms with E-state index in [4.69, 9.17) is 18.9 Å². The summed E-state index contributed by atoms with van der Waals surface area (Å²) < 4.78 is 21.7. The zero-order chi connectivity index (χ0) is 24.4. The molecule has 2 aromatic rings. The van der Waals surface area contributed by atoms with E-state index in [0.717, 1.165) is 11.1 Å². The lowest BCUT2D eigenvalue weighted by Crippen LogP contribution is -2.53. The van der Waals surface area contributed by atoms with Gasteiger partial charge in [-0.2, -0.15) is 5.26 Å². The molecular weight excluding hydrogens is 438 g/mol. The van der Waals surface area contributed by atoms with Gasteiger partial charge in [-0.25, -0.2) is 4.79 Å². The van der Waals surface area contributed by atoms with Gasteiger partial charge in [-0.3, -0.25) is 4.79 Å². The molecule has 0 saturated carbocycles.